The molecule has 0 radical (unpaired) electrons. The van der Waals surface area contributed by atoms with Crippen LogP contribution in [0, 0.1) is 3.57 Å². The van der Waals surface area contributed by atoms with Crippen LogP contribution in [0.4, 0.5) is 11.6 Å². The molecule has 0 atom stereocenters. The Morgan fingerprint density at radius 1 is 1.24 bits per heavy atom. The van der Waals surface area contributed by atoms with Crippen molar-refractivity contribution in [3.8, 4) is 0 Å². The summed E-state index contributed by atoms with van der Waals surface area (Å²) in [5, 5.41) is 7.49. The molecule has 88 valence electrons. The van der Waals surface area contributed by atoms with E-state index in [1.54, 1.807) is 12.4 Å². The lowest BCUT2D eigenvalue weighted by atomic mass is 9.93. The van der Waals surface area contributed by atoms with Crippen molar-refractivity contribution in [3.63, 3.8) is 0 Å². The average molecular weight is 341 g/mol. The van der Waals surface area contributed by atoms with Crippen LogP contribution in [0.2, 0.25) is 0 Å². The van der Waals surface area contributed by atoms with E-state index in [4.69, 9.17) is 0 Å². The Kier molecular flexibility index (Phi) is 2.96. The first kappa shape index (κ1) is 10.9. The molecule has 0 aromatic carbocycles. The van der Waals surface area contributed by atoms with Gasteiger partial charge in [-0.2, -0.15) is 5.10 Å². The third-order valence-corrected chi connectivity index (χ3v) is 3.48. The van der Waals surface area contributed by atoms with Crippen LogP contribution in [0.1, 0.15) is 25.3 Å². The Morgan fingerprint density at radius 2 is 2.00 bits per heavy atom. The summed E-state index contributed by atoms with van der Waals surface area (Å²) in [6, 6.07) is 0.586. The quantitative estimate of drug-likeness (QED) is 0.873. The van der Waals surface area contributed by atoms with Gasteiger partial charge in [-0.05, 0) is 41.9 Å². The lowest BCUT2D eigenvalue weighted by Crippen LogP contribution is -2.17. The Hall–Kier alpha value is -1.18. The molecule has 0 unspecified atom stereocenters. The van der Waals surface area contributed by atoms with Crippen LogP contribution in [0.3, 0.4) is 0 Å². The highest BCUT2D eigenvalue weighted by atomic mass is 127. The first-order valence-electron chi connectivity index (χ1n) is 5.60. The predicted octanol–water partition coefficient (Wildman–Crippen LogP) is 2.75. The third-order valence-electron chi connectivity index (χ3n) is 2.93. The Morgan fingerprint density at radius 3 is 2.65 bits per heavy atom. The number of anilines is 2. The van der Waals surface area contributed by atoms with Gasteiger partial charge in [0, 0.05) is 22.2 Å². The van der Waals surface area contributed by atoms with Crippen LogP contribution in [0.25, 0.3) is 0 Å². The molecule has 5 nitrogen and oxygen atoms in total. The van der Waals surface area contributed by atoms with Crippen molar-refractivity contribution < 1.29 is 0 Å². The summed E-state index contributed by atoms with van der Waals surface area (Å²) >= 11 is 2.18. The Balaban J connectivity index is 1.72. The summed E-state index contributed by atoms with van der Waals surface area (Å²) in [5.41, 5.74) is 0.943. The zero-order valence-corrected chi connectivity index (χ0v) is 11.3. The lowest BCUT2D eigenvalue weighted by Gasteiger charge is -2.25. The van der Waals surface area contributed by atoms with Crippen molar-refractivity contribution in [1.82, 2.24) is 19.7 Å². The van der Waals surface area contributed by atoms with E-state index < -0.39 is 0 Å². The van der Waals surface area contributed by atoms with E-state index in [0.717, 1.165) is 9.26 Å². The summed E-state index contributed by atoms with van der Waals surface area (Å²) in [5.74, 6) is 0.610. The molecular formula is C11H12IN5. The molecule has 17 heavy (non-hydrogen) atoms. The van der Waals surface area contributed by atoms with Gasteiger partial charge < -0.3 is 5.32 Å². The number of rotatable bonds is 3. The molecule has 0 saturated heterocycles. The molecule has 1 saturated carbocycles. The van der Waals surface area contributed by atoms with E-state index in [-0.39, 0.29) is 0 Å². The van der Waals surface area contributed by atoms with E-state index in [1.165, 1.54) is 19.3 Å². The van der Waals surface area contributed by atoms with Gasteiger partial charge in [-0.15, -0.1) is 0 Å². The first-order chi connectivity index (χ1) is 8.31. The van der Waals surface area contributed by atoms with Crippen molar-refractivity contribution in [2.45, 2.75) is 25.3 Å². The zero-order chi connectivity index (χ0) is 11.7. The number of nitrogens with zero attached hydrogens (tertiary/aromatic N) is 4. The number of hydrogen-bond acceptors (Lipinski definition) is 4. The van der Waals surface area contributed by atoms with E-state index in [0.29, 0.717) is 12.0 Å². The minimum absolute atomic E-state index is 0.586. The van der Waals surface area contributed by atoms with Gasteiger partial charge in [0.05, 0.1) is 17.9 Å². The van der Waals surface area contributed by atoms with Gasteiger partial charge in [-0.1, -0.05) is 0 Å². The molecule has 2 aromatic heterocycles. The fourth-order valence-corrected chi connectivity index (χ4v) is 2.04. The number of nitrogens with one attached hydrogen (secondary N) is 1. The standard InChI is InChI=1S/C11H12IN5/c12-8-4-13-11(14-5-8)16-9-6-15-17(7-9)10-2-1-3-10/h4-7,10H,1-3H2,(H,13,14,16). The van der Waals surface area contributed by atoms with E-state index in [1.807, 2.05) is 17.1 Å². The summed E-state index contributed by atoms with van der Waals surface area (Å²) < 4.78 is 3.05. The van der Waals surface area contributed by atoms with E-state index in [9.17, 15) is 0 Å². The Bertz CT molecular complexity index is 503. The van der Waals surface area contributed by atoms with E-state index >= 15 is 0 Å². The fraction of sp³-hybridized carbons (Fsp3) is 0.364. The summed E-state index contributed by atoms with van der Waals surface area (Å²) in [6.07, 6.45) is 11.2. The summed E-state index contributed by atoms with van der Waals surface area (Å²) in [7, 11) is 0. The van der Waals surface area contributed by atoms with Gasteiger partial charge in [-0.3, -0.25) is 4.68 Å². The second-order valence-electron chi connectivity index (χ2n) is 4.14. The maximum atomic E-state index is 4.35. The second kappa shape index (κ2) is 4.59. The van der Waals surface area contributed by atoms with Gasteiger partial charge >= 0.3 is 0 Å². The molecule has 0 amide bonds. The van der Waals surface area contributed by atoms with Gasteiger partial charge in [-0.25, -0.2) is 9.97 Å². The molecular weight excluding hydrogens is 329 g/mol. The van der Waals surface area contributed by atoms with Crippen LogP contribution in [-0.4, -0.2) is 19.7 Å². The maximum absolute atomic E-state index is 4.35. The molecule has 2 aromatic rings. The molecule has 2 heterocycles. The van der Waals surface area contributed by atoms with Crippen molar-refractivity contribution in [2.75, 3.05) is 5.32 Å². The van der Waals surface area contributed by atoms with Crippen LogP contribution >= 0.6 is 22.6 Å². The number of hydrogen-bond donors (Lipinski definition) is 1. The smallest absolute Gasteiger partial charge is 0.227 e. The maximum Gasteiger partial charge on any atom is 0.227 e. The molecule has 0 bridgehead atoms. The Labute approximate surface area is 113 Å². The third kappa shape index (κ3) is 2.41. The van der Waals surface area contributed by atoms with Crippen LogP contribution in [0.5, 0.6) is 0 Å². The highest BCUT2D eigenvalue weighted by Crippen LogP contribution is 2.31. The first-order valence-corrected chi connectivity index (χ1v) is 6.68. The van der Waals surface area contributed by atoms with Crippen molar-refractivity contribution in [2.24, 2.45) is 0 Å². The molecule has 1 aliphatic rings. The minimum atomic E-state index is 0.586. The van der Waals surface area contributed by atoms with Crippen molar-refractivity contribution in [3.05, 3.63) is 28.4 Å². The number of aromatic nitrogens is 4. The van der Waals surface area contributed by atoms with Gasteiger partial charge in [0.1, 0.15) is 0 Å². The van der Waals surface area contributed by atoms with Crippen molar-refractivity contribution >= 4 is 34.2 Å². The monoisotopic (exact) mass is 341 g/mol. The molecule has 1 aliphatic carbocycles. The van der Waals surface area contributed by atoms with Crippen LogP contribution in [0.15, 0.2) is 24.8 Å². The average Bonchev–Trinajstić information content (AvgIpc) is 2.67. The molecule has 0 aliphatic heterocycles. The lowest BCUT2D eigenvalue weighted by molar-refractivity contribution is 0.289. The summed E-state index contributed by atoms with van der Waals surface area (Å²) in [4.78, 5) is 8.39. The van der Waals surface area contributed by atoms with Gasteiger partial charge in [0.2, 0.25) is 5.95 Å². The summed E-state index contributed by atoms with van der Waals surface area (Å²) in [6.45, 7) is 0. The van der Waals surface area contributed by atoms with Gasteiger partial charge in [0.15, 0.2) is 0 Å². The zero-order valence-electron chi connectivity index (χ0n) is 9.17. The molecule has 3 rings (SSSR count). The largest absolute Gasteiger partial charge is 0.321 e. The second-order valence-corrected chi connectivity index (χ2v) is 5.39. The number of halogens is 1. The molecule has 6 heteroatoms. The molecule has 1 N–H and O–H groups in total. The highest BCUT2D eigenvalue weighted by Gasteiger charge is 2.19. The topological polar surface area (TPSA) is 55.6 Å². The van der Waals surface area contributed by atoms with Crippen LogP contribution in [-0.2, 0) is 0 Å². The molecule has 0 spiro atoms. The van der Waals surface area contributed by atoms with Crippen molar-refractivity contribution in [1.29, 1.82) is 0 Å². The highest BCUT2D eigenvalue weighted by molar-refractivity contribution is 14.1. The van der Waals surface area contributed by atoms with Crippen LogP contribution < -0.4 is 5.32 Å². The minimum Gasteiger partial charge on any atom is -0.321 e. The van der Waals surface area contributed by atoms with E-state index in [2.05, 4.69) is 43.0 Å². The fourth-order valence-electron chi connectivity index (χ4n) is 1.76. The van der Waals surface area contributed by atoms with Gasteiger partial charge in [0.25, 0.3) is 0 Å². The SMILES string of the molecule is Ic1cnc(Nc2cnn(C3CCC3)c2)nc1. The predicted molar refractivity (Wildman–Crippen MR) is 73.1 cm³/mol. The normalized spacial score (nSPS) is 15.6. The molecule has 1 fully saturated rings.